The van der Waals surface area contributed by atoms with Gasteiger partial charge in [-0.05, 0) is 23.8 Å². The molecule has 2 aromatic rings. The highest BCUT2D eigenvalue weighted by atomic mass is 79.9. The maximum absolute atomic E-state index is 13.0. The maximum atomic E-state index is 13.0. The van der Waals surface area contributed by atoms with E-state index < -0.39 is 0 Å². The van der Waals surface area contributed by atoms with Crippen LogP contribution in [0, 0.1) is 5.82 Å². The lowest BCUT2D eigenvalue weighted by Gasteiger charge is -2.12. The first-order valence-electron chi connectivity index (χ1n) is 6.49. The van der Waals surface area contributed by atoms with Crippen LogP contribution in [-0.4, -0.2) is 14.2 Å². The molecule has 0 fully saturated rings. The molecule has 0 unspecified atom stereocenters. The van der Waals surface area contributed by atoms with E-state index in [1.54, 1.807) is 20.3 Å². The van der Waals surface area contributed by atoms with Crippen LogP contribution in [0.1, 0.15) is 11.1 Å². The Morgan fingerprint density at radius 1 is 1.00 bits per heavy atom. The van der Waals surface area contributed by atoms with Crippen molar-refractivity contribution < 1.29 is 13.9 Å². The average Bonchev–Trinajstić information content (AvgIpc) is 2.49. The molecule has 0 aromatic heterocycles. The molecule has 0 saturated heterocycles. The molecule has 3 nitrogen and oxygen atoms in total. The summed E-state index contributed by atoms with van der Waals surface area (Å²) in [4.78, 5) is 0. The lowest BCUT2D eigenvalue weighted by atomic mass is 10.1. The topological polar surface area (TPSA) is 30.5 Å². The quantitative estimate of drug-likeness (QED) is 0.854. The summed E-state index contributed by atoms with van der Waals surface area (Å²) in [6.45, 7) is 1.28. The first kappa shape index (κ1) is 15.8. The molecule has 0 radical (unpaired) electrons. The third-order valence-electron chi connectivity index (χ3n) is 3.14. The van der Waals surface area contributed by atoms with Gasteiger partial charge in [0.2, 0.25) is 0 Å². The summed E-state index contributed by atoms with van der Waals surface area (Å²) in [5.74, 6) is 1.29. The third-order valence-corrected chi connectivity index (χ3v) is 3.88. The monoisotopic (exact) mass is 353 g/mol. The third kappa shape index (κ3) is 4.19. The van der Waals surface area contributed by atoms with Gasteiger partial charge in [-0.1, -0.05) is 28.1 Å². The lowest BCUT2D eigenvalue weighted by Crippen LogP contribution is -2.13. The number of rotatable bonds is 6. The fourth-order valence-electron chi connectivity index (χ4n) is 1.99. The zero-order valence-electron chi connectivity index (χ0n) is 12.0. The van der Waals surface area contributed by atoms with Gasteiger partial charge in [0.25, 0.3) is 0 Å². The Morgan fingerprint density at radius 3 is 2.38 bits per heavy atom. The Bertz CT molecular complexity index is 619. The van der Waals surface area contributed by atoms with E-state index in [-0.39, 0.29) is 5.82 Å². The van der Waals surface area contributed by atoms with E-state index in [9.17, 15) is 4.39 Å². The largest absolute Gasteiger partial charge is 0.497 e. The highest BCUT2D eigenvalue weighted by Gasteiger charge is 2.06. The van der Waals surface area contributed by atoms with E-state index in [0.29, 0.717) is 13.1 Å². The van der Waals surface area contributed by atoms with Crippen molar-refractivity contribution in [1.29, 1.82) is 0 Å². The van der Waals surface area contributed by atoms with Gasteiger partial charge < -0.3 is 14.8 Å². The highest BCUT2D eigenvalue weighted by Crippen LogP contribution is 2.24. The molecule has 5 heteroatoms. The van der Waals surface area contributed by atoms with Crippen LogP contribution in [-0.2, 0) is 13.1 Å². The number of benzene rings is 2. The summed E-state index contributed by atoms with van der Waals surface area (Å²) in [7, 11) is 3.26. The maximum Gasteiger partial charge on any atom is 0.127 e. The van der Waals surface area contributed by atoms with Crippen LogP contribution in [0.5, 0.6) is 11.5 Å². The predicted octanol–water partition coefficient (Wildman–Crippen LogP) is 3.90. The predicted molar refractivity (Wildman–Crippen MR) is 84.2 cm³/mol. The molecule has 0 aliphatic rings. The Hall–Kier alpha value is -1.59. The van der Waals surface area contributed by atoms with Gasteiger partial charge in [0, 0.05) is 29.2 Å². The zero-order chi connectivity index (χ0) is 15.2. The molecule has 21 heavy (non-hydrogen) atoms. The van der Waals surface area contributed by atoms with Crippen molar-refractivity contribution in [1.82, 2.24) is 5.32 Å². The van der Waals surface area contributed by atoms with Crippen LogP contribution in [0.2, 0.25) is 0 Å². The van der Waals surface area contributed by atoms with Crippen LogP contribution < -0.4 is 14.8 Å². The molecule has 0 atom stereocenters. The van der Waals surface area contributed by atoms with Crippen molar-refractivity contribution in [3.8, 4) is 11.5 Å². The van der Waals surface area contributed by atoms with Crippen molar-refractivity contribution in [3.63, 3.8) is 0 Å². The normalized spacial score (nSPS) is 10.5. The first-order chi connectivity index (χ1) is 10.1. The highest BCUT2D eigenvalue weighted by molar-refractivity contribution is 9.10. The van der Waals surface area contributed by atoms with Gasteiger partial charge in [-0.3, -0.25) is 0 Å². The molecule has 0 aliphatic carbocycles. The molecule has 0 aliphatic heterocycles. The number of nitrogens with one attached hydrogen (secondary N) is 1. The van der Waals surface area contributed by atoms with Crippen molar-refractivity contribution in [2.45, 2.75) is 13.1 Å². The minimum Gasteiger partial charge on any atom is -0.497 e. The van der Waals surface area contributed by atoms with E-state index in [1.165, 1.54) is 12.1 Å². The van der Waals surface area contributed by atoms with Crippen LogP contribution in [0.3, 0.4) is 0 Å². The van der Waals surface area contributed by atoms with Crippen LogP contribution >= 0.6 is 15.9 Å². The fourth-order valence-corrected chi connectivity index (χ4v) is 2.49. The van der Waals surface area contributed by atoms with E-state index >= 15 is 0 Å². The van der Waals surface area contributed by atoms with Gasteiger partial charge in [-0.15, -0.1) is 0 Å². The Balaban J connectivity index is 2.00. The Morgan fingerprint density at radius 2 is 1.71 bits per heavy atom. The molecule has 0 spiro atoms. The molecule has 2 rings (SSSR count). The smallest absolute Gasteiger partial charge is 0.127 e. The molecule has 1 N–H and O–H groups in total. The molecule has 0 saturated carbocycles. The Kier molecular flexibility index (Phi) is 5.59. The molecule has 112 valence electrons. The number of ether oxygens (including phenoxy) is 2. The van der Waals surface area contributed by atoms with Crippen molar-refractivity contribution >= 4 is 15.9 Å². The van der Waals surface area contributed by atoms with Gasteiger partial charge in [0.1, 0.15) is 17.3 Å². The van der Waals surface area contributed by atoms with Crippen molar-refractivity contribution in [2.75, 3.05) is 14.2 Å². The van der Waals surface area contributed by atoms with E-state index in [4.69, 9.17) is 9.47 Å². The fraction of sp³-hybridized carbons (Fsp3) is 0.250. The SMILES string of the molecule is COc1ccc(CNCc2ccc(F)cc2Br)c(OC)c1. The van der Waals surface area contributed by atoms with Gasteiger partial charge in [0.15, 0.2) is 0 Å². The second-order valence-electron chi connectivity index (χ2n) is 4.52. The van der Waals surface area contributed by atoms with Crippen molar-refractivity contribution in [2.24, 2.45) is 0 Å². The Labute approximate surface area is 132 Å². The molecule has 0 heterocycles. The number of halogens is 2. The van der Waals surface area contributed by atoms with Crippen LogP contribution in [0.15, 0.2) is 40.9 Å². The standard InChI is InChI=1S/C16H17BrFNO2/c1-20-14-6-4-12(16(8-14)21-2)10-19-9-11-3-5-13(18)7-15(11)17/h3-8,19H,9-10H2,1-2H3. The van der Waals surface area contributed by atoms with Crippen LogP contribution in [0.25, 0.3) is 0 Å². The number of hydrogen-bond acceptors (Lipinski definition) is 3. The lowest BCUT2D eigenvalue weighted by molar-refractivity contribution is 0.390. The number of hydrogen-bond donors (Lipinski definition) is 1. The van der Waals surface area contributed by atoms with E-state index in [0.717, 1.165) is 27.1 Å². The first-order valence-corrected chi connectivity index (χ1v) is 7.29. The second-order valence-corrected chi connectivity index (χ2v) is 5.37. The summed E-state index contributed by atoms with van der Waals surface area (Å²) >= 11 is 3.36. The minimum atomic E-state index is -0.248. The van der Waals surface area contributed by atoms with Gasteiger partial charge >= 0.3 is 0 Å². The average molecular weight is 354 g/mol. The number of methoxy groups -OCH3 is 2. The van der Waals surface area contributed by atoms with Gasteiger partial charge in [-0.25, -0.2) is 4.39 Å². The summed E-state index contributed by atoms with van der Waals surface area (Å²) < 4.78 is 24.3. The van der Waals surface area contributed by atoms with Crippen molar-refractivity contribution in [3.05, 3.63) is 57.8 Å². The molecule has 0 amide bonds. The summed E-state index contributed by atoms with van der Waals surface area (Å²) in [5, 5.41) is 3.32. The van der Waals surface area contributed by atoms with Crippen LogP contribution in [0.4, 0.5) is 4.39 Å². The molecular weight excluding hydrogens is 337 g/mol. The second kappa shape index (κ2) is 7.43. The molecule has 0 bridgehead atoms. The zero-order valence-corrected chi connectivity index (χ0v) is 13.5. The minimum absolute atomic E-state index is 0.248. The molecular formula is C16H17BrFNO2. The summed E-state index contributed by atoms with van der Waals surface area (Å²) in [6.07, 6.45) is 0. The van der Waals surface area contributed by atoms with Gasteiger partial charge in [-0.2, -0.15) is 0 Å². The van der Waals surface area contributed by atoms with Gasteiger partial charge in [0.05, 0.1) is 14.2 Å². The summed E-state index contributed by atoms with van der Waals surface area (Å²) in [5.41, 5.74) is 2.04. The van der Waals surface area contributed by atoms with E-state index in [1.807, 2.05) is 18.2 Å². The summed E-state index contributed by atoms with van der Waals surface area (Å²) in [6, 6.07) is 10.4. The van der Waals surface area contributed by atoms with E-state index in [2.05, 4.69) is 21.2 Å². The molecule has 2 aromatic carbocycles.